The molecule has 1 aromatic rings. The molecule has 0 aliphatic heterocycles. The number of rotatable bonds is 5. The van der Waals surface area contributed by atoms with Gasteiger partial charge in [-0.15, -0.1) is 0 Å². The summed E-state index contributed by atoms with van der Waals surface area (Å²) in [5.74, 6) is 0.203. The Labute approximate surface area is 109 Å². The summed E-state index contributed by atoms with van der Waals surface area (Å²) in [4.78, 5) is 13.8. The Morgan fingerprint density at radius 3 is 2.35 bits per heavy atom. The van der Waals surface area contributed by atoms with Gasteiger partial charge in [-0.1, -0.05) is 37.6 Å². The Kier molecular flexibility index (Phi) is 5.49. The zero-order valence-corrected chi connectivity index (χ0v) is 11.5. The minimum atomic E-state index is 0.203. The number of benzene rings is 1. The predicted molar refractivity (Wildman–Crippen MR) is 72.0 cm³/mol. The third kappa shape index (κ3) is 4.04. The fraction of sp³-hybridized carbons (Fsp3) is 0.500. The van der Waals surface area contributed by atoms with Crippen LogP contribution in [-0.4, -0.2) is 16.8 Å². The van der Waals surface area contributed by atoms with Crippen LogP contribution in [0.5, 0.6) is 0 Å². The second kappa shape index (κ2) is 6.65. The Balaban J connectivity index is 2.78. The largest absolute Gasteiger partial charge is 0.336 e. The van der Waals surface area contributed by atoms with Crippen LogP contribution in [0.15, 0.2) is 24.3 Å². The minimum absolute atomic E-state index is 0.203. The molecule has 0 bridgehead atoms. The normalized spacial score (nSPS) is 12.2. The van der Waals surface area contributed by atoms with Crippen molar-refractivity contribution in [3.63, 3.8) is 0 Å². The number of hydrogen-bond donors (Lipinski definition) is 0. The standard InChI is InChI=1S/C14H20ClNO/c1-4-11(3)16(14(17)5-2)10-12-6-8-13(15)9-7-12/h6-9,11H,4-5,10H2,1-3H3/t11-/m1/s1. The third-order valence-corrected chi connectivity index (χ3v) is 3.26. The van der Waals surface area contributed by atoms with Crippen LogP contribution in [0.3, 0.4) is 0 Å². The molecule has 0 radical (unpaired) electrons. The summed E-state index contributed by atoms with van der Waals surface area (Å²) in [6.07, 6.45) is 1.53. The van der Waals surface area contributed by atoms with Crippen LogP contribution in [0.1, 0.15) is 39.2 Å². The average molecular weight is 254 g/mol. The average Bonchev–Trinajstić information content (AvgIpc) is 2.36. The molecule has 17 heavy (non-hydrogen) atoms. The van der Waals surface area contributed by atoms with Crippen LogP contribution in [0.4, 0.5) is 0 Å². The van der Waals surface area contributed by atoms with Gasteiger partial charge in [0.25, 0.3) is 0 Å². The first-order valence-electron chi connectivity index (χ1n) is 6.12. The van der Waals surface area contributed by atoms with E-state index in [0.29, 0.717) is 13.0 Å². The van der Waals surface area contributed by atoms with Gasteiger partial charge in [0.1, 0.15) is 0 Å². The van der Waals surface area contributed by atoms with Gasteiger partial charge in [-0.05, 0) is 31.0 Å². The quantitative estimate of drug-likeness (QED) is 0.780. The predicted octanol–water partition coefficient (Wildman–Crippen LogP) is 3.88. The first kappa shape index (κ1) is 14.0. The number of carbonyl (C=O) groups is 1. The second-order valence-electron chi connectivity index (χ2n) is 4.26. The van der Waals surface area contributed by atoms with Gasteiger partial charge in [-0.2, -0.15) is 0 Å². The number of amides is 1. The Hall–Kier alpha value is -1.02. The minimum Gasteiger partial charge on any atom is -0.336 e. The maximum atomic E-state index is 11.9. The van der Waals surface area contributed by atoms with Gasteiger partial charge in [-0.3, -0.25) is 4.79 Å². The van der Waals surface area contributed by atoms with Crippen LogP contribution in [0, 0.1) is 0 Å². The fourth-order valence-electron chi connectivity index (χ4n) is 1.70. The van der Waals surface area contributed by atoms with Gasteiger partial charge in [0.15, 0.2) is 0 Å². The van der Waals surface area contributed by atoms with Gasteiger partial charge >= 0.3 is 0 Å². The molecule has 0 saturated heterocycles. The monoisotopic (exact) mass is 253 g/mol. The topological polar surface area (TPSA) is 20.3 Å². The number of carbonyl (C=O) groups excluding carboxylic acids is 1. The fourth-order valence-corrected chi connectivity index (χ4v) is 1.83. The Morgan fingerprint density at radius 2 is 1.88 bits per heavy atom. The van der Waals surface area contributed by atoms with E-state index in [1.165, 1.54) is 0 Å². The molecule has 0 aliphatic rings. The first-order valence-corrected chi connectivity index (χ1v) is 6.50. The highest BCUT2D eigenvalue weighted by Crippen LogP contribution is 2.15. The maximum absolute atomic E-state index is 11.9. The molecule has 0 unspecified atom stereocenters. The summed E-state index contributed by atoms with van der Waals surface area (Å²) in [7, 11) is 0. The number of nitrogens with zero attached hydrogens (tertiary/aromatic N) is 1. The molecule has 0 aromatic heterocycles. The highest BCUT2D eigenvalue weighted by atomic mass is 35.5. The van der Waals surface area contributed by atoms with E-state index in [2.05, 4.69) is 13.8 Å². The lowest BCUT2D eigenvalue weighted by molar-refractivity contribution is -0.133. The number of hydrogen-bond acceptors (Lipinski definition) is 1. The lowest BCUT2D eigenvalue weighted by Gasteiger charge is -2.28. The van der Waals surface area contributed by atoms with Gasteiger partial charge in [0.2, 0.25) is 5.91 Å². The second-order valence-corrected chi connectivity index (χ2v) is 4.70. The first-order chi connectivity index (χ1) is 8.08. The molecule has 0 spiro atoms. The van der Waals surface area contributed by atoms with E-state index in [1.54, 1.807) is 0 Å². The van der Waals surface area contributed by atoms with E-state index >= 15 is 0 Å². The molecule has 3 heteroatoms. The zero-order chi connectivity index (χ0) is 12.8. The van der Waals surface area contributed by atoms with Gasteiger partial charge < -0.3 is 4.90 Å². The van der Waals surface area contributed by atoms with Crippen molar-refractivity contribution in [3.05, 3.63) is 34.9 Å². The SMILES string of the molecule is CCC(=O)N(Cc1ccc(Cl)cc1)[C@H](C)CC. The van der Waals surface area contributed by atoms with E-state index in [4.69, 9.17) is 11.6 Å². The molecular formula is C14H20ClNO. The Bertz CT molecular complexity index is 361. The molecule has 1 amide bonds. The Morgan fingerprint density at radius 1 is 1.29 bits per heavy atom. The summed E-state index contributed by atoms with van der Waals surface area (Å²) in [5, 5.41) is 0.727. The van der Waals surface area contributed by atoms with Crippen molar-refractivity contribution in [2.75, 3.05) is 0 Å². The molecule has 0 heterocycles. The van der Waals surface area contributed by atoms with Crippen molar-refractivity contribution < 1.29 is 4.79 Å². The van der Waals surface area contributed by atoms with Crippen molar-refractivity contribution in [1.82, 2.24) is 4.90 Å². The summed E-state index contributed by atoms with van der Waals surface area (Å²) < 4.78 is 0. The van der Waals surface area contributed by atoms with Crippen LogP contribution >= 0.6 is 11.6 Å². The lowest BCUT2D eigenvalue weighted by Crippen LogP contribution is -2.37. The summed E-state index contributed by atoms with van der Waals surface area (Å²) in [6.45, 7) is 6.75. The zero-order valence-electron chi connectivity index (χ0n) is 10.7. The molecule has 1 rings (SSSR count). The molecule has 0 aliphatic carbocycles. The van der Waals surface area contributed by atoms with Crippen molar-refractivity contribution >= 4 is 17.5 Å². The van der Waals surface area contributed by atoms with E-state index in [9.17, 15) is 4.79 Å². The van der Waals surface area contributed by atoms with E-state index in [1.807, 2.05) is 36.1 Å². The van der Waals surface area contributed by atoms with Crippen molar-refractivity contribution in [2.45, 2.75) is 46.2 Å². The van der Waals surface area contributed by atoms with Crippen LogP contribution in [0.2, 0.25) is 5.02 Å². The molecule has 0 N–H and O–H groups in total. The van der Waals surface area contributed by atoms with E-state index in [-0.39, 0.29) is 11.9 Å². The molecule has 1 atom stereocenters. The van der Waals surface area contributed by atoms with E-state index < -0.39 is 0 Å². The van der Waals surface area contributed by atoms with E-state index in [0.717, 1.165) is 17.0 Å². The van der Waals surface area contributed by atoms with Gasteiger partial charge in [0.05, 0.1) is 0 Å². The third-order valence-electron chi connectivity index (χ3n) is 3.01. The molecule has 0 saturated carbocycles. The highest BCUT2D eigenvalue weighted by molar-refractivity contribution is 6.30. The van der Waals surface area contributed by atoms with Crippen molar-refractivity contribution in [2.24, 2.45) is 0 Å². The number of halogens is 1. The molecule has 1 aromatic carbocycles. The lowest BCUT2D eigenvalue weighted by atomic mass is 10.1. The maximum Gasteiger partial charge on any atom is 0.222 e. The van der Waals surface area contributed by atoms with Crippen molar-refractivity contribution in [3.8, 4) is 0 Å². The molecular weight excluding hydrogens is 234 g/mol. The van der Waals surface area contributed by atoms with Gasteiger partial charge in [-0.25, -0.2) is 0 Å². The summed E-state index contributed by atoms with van der Waals surface area (Å²) in [5.41, 5.74) is 1.12. The molecule has 2 nitrogen and oxygen atoms in total. The highest BCUT2D eigenvalue weighted by Gasteiger charge is 2.17. The summed E-state index contributed by atoms with van der Waals surface area (Å²) >= 11 is 5.85. The molecule has 0 fully saturated rings. The van der Waals surface area contributed by atoms with Gasteiger partial charge in [0, 0.05) is 24.0 Å². The molecule has 94 valence electrons. The van der Waals surface area contributed by atoms with Crippen LogP contribution < -0.4 is 0 Å². The van der Waals surface area contributed by atoms with Crippen LogP contribution in [-0.2, 0) is 11.3 Å². The summed E-state index contributed by atoms with van der Waals surface area (Å²) in [6, 6.07) is 7.95. The van der Waals surface area contributed by atoms with Crippen molar-refractivity contribution in [1.29, 1.82) is 0 Å². The smallest absolute Gasteiger partial charge is 0.222 e. The van der Waals surface area contributed by atoms with Crippen LogP contribution in [0.25, 0.3) is 0 Å².